The molecule has 7 aromatic carbocycles. The molecule has 0 amide bonds. The fourth-order valence-corrected chi connectivity index (χ4v) is 7.47. The first kappa shape index (κ1) is 30.4. The van der Waals surface area contributed by atoms with Crippen LogP contribution in [-0.2, 0) is 13.6 Å². The molecule has 0 aliphatic carbocycles. The largest absolute Gasteiger partial charge is 0.507 e. The number of hydrogen-bond acceptors (Lipinski definition) is 2. The summed E-state index contributed by atoms with van der Waals surface area (Å²) >= 11 is 0. The van der Waals surface area contributed by atoms with E-state index in [2.05, 4.69) is 125 Å². The van der Waals surface area contributed by atoms with E-state index in [4.69, 9.17) is 0 Å². The number of hydrogen-bond donors (Lipinski definition) is 1. The highest BCUT2D eigenvalue weighted by atomic mass is 16.3. The van der Waals surface area contributed by atoms with Gasteiger partial charge in [-0.15, -0.1) is 0 Å². The number of carbonyl (C=O) groups excluding carboxylic acids is 1. The van der Waals surface area contributed by atoms with E-state index in [9.17, 15) is 9.90 Å². The standard InChI is InChI=1S/C47H34N2O2/c1-48-42-13-7-5-11-38(42)40-27-36(23-25-43(40)48)32-15-19-34(20-16-32)46(50)29-47(51)35-21-17-33(18-22-35)37-24-26-45-41(28-37)39-12-6-8-14-44(39)49(45)30-31-9-3-2-4-10-31/h2-29,50H,30H2,1H3. The molecule has 4 heteroatoms. The van der Waals surface area contributed by atoms with Crippen LogP contribution < -0.4 is 0 Å². The first-order chi connectivity index (χ1) is 25.0. The van der Waals surface area contributed by atoms with E-state index in [1.165, 1.54) is 55.3 Å². The highest BCUT2D eigenvalue weighted by molar-refractivity contribution is 6.11. The van der Waals surface area contributed by atoms with E-state index >= 15 is 0 Å². The van der Waals surface area contributed by atoms with Gasteiger partial charge in [-0.05, 0) is 64.2 Å². The topological polar surface area (TPSA) is 47.2 Å². The first-order valence-electron chi connectivity index (χ1n) is 17.2. The molecule has 0 unspecified atom stereocenters. The molecular weight excluding hydrogens is 625 g/mol. The highest BCUT2D eigenvalue weighted by Crippen LogP contribution is 2.34. The van der Waals surface area contributed by atoms with Gasteiger partial charge in [-0.3, -0.25) is 4.79 Å². The minimum atomic E-state index is -0.246. The number of aliphatic hydroxyl groups is 1. The van der Waals surface area contributed by atoms with Crippen molar-refractivity contribution in [1.82, 2.24) is 9.13 Å². The molecule has 9 aromatic rings. The van der Waals surface area contributed by atoms with Gasteiger partial charge in [0.25, 0.3) is 0 Å². The molecular formula is C47H34N2O2. The molecule has 0 aliphatic rings. The molecule has 9 rings (SSSR count). The normalized spacial score (nSPS) is 12.0. The number of aryl methyl sites for hydroxylation is 1. The van der Waals surface area contributed by atoms with E-state index in [-0.39, 0.29) is 11.5 Å². The molecule has 4 nitrogen and oxygen atoms in total. The third kappa shape index (κ3) is 5.38. The van der Waals surface area contributed by atoms with Crippen LogP contribution in [0.5, 0.6) is 0 Å². The Balaban J connectivity index is 0.949. The van der Waals surface area contributed by atoms with Crippen LogP contribution in [0, 0.1) is 0 Å². The first-order valence-corrected chi connectivity index (χ1v) is 17.2. The van der Waals surface area contributed by atoms with Gasteiger partial charge >= 0.3 is 0 Å². The van der Waals surface area contributed by atoms with Crippen molar-refractivity contribution in [2.24, 2.45) is 7.05 Å². The maximum Gasteiger partial charge on any atom is 0.189 e. The zero-order chi connectivity index (χ0) is 34.5. The molecule has 0 bridgehead atoms. The van der Waals surface area contributed by atoms with Gasteiger partial charge in [-0.2, -0.15) is 0 Å². The predicted octanol–water partition coefficient (Wildman–Crippen LogP) is 11.6. The van der Waals surface area contributed by atoms with Crippen LogP contribution in [0.3, 0.4) is 0 Å². The molecule has 51 heavy (non-hydrogen) atoms. The second kappa shape index (κ2) is 12.3. The summed E-state index contributed by atoms with van der Waals surface area (Å²) in [4.78, 5) is 13.2. The maximum atomic E-state index is 13.2. The number of aliphatic hydroxyl groups excluding tert-OH is 1. The number of carbonyl (C=O) groups is 1. The number of allylic oxidation sites excluding steroid dienone is 1. The lowest BCUT2D eigenvalue weighted by Crippen LogP contribution is -1.99. The number of benzene rings is 7. The number of nitrogens with zero attached hydrogens (tertiary/aromatic N) is 2. The van der Waals surface area contributed by atoms with Gasteiger partial charge in [0.1, 0.15) is 5.76 Å². The van der Waals surface area contributed by atoms with Crippen LogP contribution in [0.25, 0.3) is 71.6 Å². The van der Waals surface area contributed by atoms with Gasteiger partial charge in [0, 0.05) is 74.4 Å². The summed E-state index contributed by atoms with van der Waals surface area (Å²) in [5.74, 6) is -0.304. The Bertz CT molecular complexity index is 2780. The zero-order valence-electron chi connectivity index (χ0n) is 28.1. The van der Waals surface area contributed by atoms with Crippen molar-refractivity contribution in [2.75, 3.05) is 0 Å². The van der Waals surface area contributed by atoms with Crippen molar-refractivity contribution in [3.8, 4) is 22.3 Å². The van der Waals surface area contributed by atoms with Gasteiger partial charge in [0.2, 0.25) is 0 Å². The van der Waals surface area contributed by atoms with E-state index < -0.39 is 0 Å². The monoisotopic (exact) mass is 658 g/mol. The summed E-state index contributed by atoms with van der Waals surface area (Å²) in [5, 5.41) is 15.8. The Hall–Kier alpha value is -6.65. The van der Waals surface area contributed by atoms with Crippen LogP contribution in [0.15, 0.2) is 170 Å². The second-order valence-corrected chi connectivity index (χ2v) is 13.2. The lowest BCUT2D eigenvalue weighted by Gasteiger charge is -2.09. The van der Waals surface area contributed by atoms with E-state index in [0.29, 0.717) is 11.1 Å². The van der Waals surface area contributed by atoms with Crippen LogP contribution >= 0.6 is 0 Å². The molecule has 0 spiro atoms. The van der Waals surface area contributed by atoms with Crippen molar-refractivity contribution in [1.29, 1.82) is 0 Å². The molecule has 0 atom stereocenters. The summed E-state index contributed by atoms with van der Waals surface area (Å²) < 4.78 is 4.60. The summed E-state index contributed by atoms with van der Waals surface area (Å²) in [6.45, 7) is 0.799. The minimum Gasteiger partial charge on any atom is -0.507 e. The molecule has 1 N–H and O–H groups in total. The average molecular weight is 659 g/mol. The average Bonchev–Trinajstić information content (AvgIpc) is 3.65. The molecule has 0 aliphatic heterocycles. The van der Waals surface area contributed by atoms with Crippen LogP contribution in [0.4, 0.5) is 0 Å². The summed E-state index contributed by atoms with van der Waals surface area (Å²) in [7, 11) is 2.10. The van der Waals surface area contributed by atoms with Gasteiger partial charge < -0.3 is 14.2 Å². The van der Waals surface area contributed by atoms with Crippen molar-refractivity contribution in [2.45, 2.75) is 6.54 Å². The van der Waals surface area contributed by atoms with E-state index in [1.807, 2.05) is 54.6 Å². The highest BCUT2D eigenvalue weighted by Gasteiger charge is 2.14. The minimum absolute atomic E-state index is 0.0579. The number of para-hydroxylation sites is 2. The summed E-state index contributed by atoms with van der Waals surface area (Å²) in [6, 6.07) is 55.9. The number of rotatable bonds is 7. The van der Waals surface area contributed by atoms with Crippen molar-refractivity contribution in [3.63, 3.8) is 0 Å². The Kier molecular flexibility index (Phi) is 7.36. The predicted molar refractivity (Wildman–Crippen MR) is 211 cm³/mol. The van der Waals surface area contributed by atoms with Gasteiger partial charge in [0.05, 0.1) is 0 Å². The molecule has 0 radical (unpaired) electrons. The molecule has 0 saturated carbocycles. The smallest absolute Gasteiger partial charge is 0.189 e. The number of fused-ring (bicyclic) bond motifs is 6. The SMILES string of the molecule is Cn1c2ccccc2c2cc(-c3ccc(C(O)=CC(=O)c4ccc(-c5ccc6c(c5)c5ccccc5n6Cc5ccccc5)cc4)cc3)ccc21. The summed E-state index contributed by atoms with van der Waals surface area (Å²) in [5.41, 5.74) is 11.4. The van der Waals surface area contributed by atoms with E-state index in [0.717, 1.165) is 28.8 Å². The van der Waals surface area contributed by atoms with Gasteiger partial charge in [0.15, 0.2) is 5.78 Å². The fourth-order valence-electron chi connectivity index (χ4n) is 7.47. The number of ketones is 1. The summed E-state index contributed by atoms with van der Waals surface area (Å²) in [6.07, 6.45) is 1.31. The van der Waals surface area contributed by atoms with Crippen molar-refractivity contribution >= 4 is 55.2 Å². The van der Waals surface area contributed by atoms with Crippen LogP contribution in [0.1, 0.15) is 21.5 Å². The molecule has 244 valence electrons. The molecule has 0 saturated heterocycles. The quantitative estimate of drug-likeness (QED) is 0.105. The third-order valence-electron chi connectivity index (χ3n) is 10.2. The fraction of sp³-hybridized carbons (Fsp3) is 0.0426. The third-order valence-corrected chi connectivity index (χ3v) is 10.2. The van der Waals surface area contributed by atoms with Crippen molar-refractivity contribution in [3.05, 3.63) is 187 Å². The zero-order valence-corrected chi connectivity index (χ0v) is 28.1. The van der Waals surface area contributed by atoms with E-state index in [1.54, 1.807) is 0 Å². The van der Waals surface area contributed by atoms with Gasteiger partial charge in [-0.1, -0.05) is 127 Å². The number of aromatic nitrogens is 2. The van der Waals surface area contributed by atoms with Crippen LogP contribution in [-0.4, -0.2) is 20.0 Å². The lowest BCUT2D eigenvalue weighted by molar-refractivity contribution is 0.104. The van der Waals surface area contributed by atoms with Gasteiger partial charge in [-0.25, -0.2) is 0 Å². The molecule has 0 fully saturated rings. The Morgan fingerprint density at radius 2 is 0.980 bits per heavy atom. The lowest BCUT2D eigenvalue weighted by atomic mass is 9.99. The Morgan fingerprint density at radius 1 is 0.510 bits per heavy atom. The van der Waals surface area contributed by atoms with Crippen LogP contribution in [0.2, 0.25) is 0 Å². The molecule has 2 heterocycles. The van der Waals surface area contributed by atoms with Crippen molar-refractivity contribution < 1.29 is 9.90 Å². The molecule has 2 aromatic heterocycles. The maximum absolute atomic E-state index is 13.2. The Labute approximate surface area is 295 Å². The second-order valence-electron chi connectivity index (χ2n) is 13.2. The Morgan fingerprint density at radius 3 is 1.65 bits per heavy atom.